The van der Waals surface area contributed by atoms with E-state index in [4.69, 9.17) is 4.74 Å². The number of aliphatic hydroxyl groups is 1. The van der Waals surface area contributed by atoms with Crippen LogP contribution in [0.15, 0.2) is 43.0 Å². The molecule has 1 aromatic heterocycles. The molecule has 2 aromatic rings. The van der Waals surface area contributed by atoms with Gasteiger partial charge in [0.25, 0.3) is 0 Å². The predicted octanol–water partition coefficient (Wildman–Crippen LogP) is 2.24. The summed E-state index contributed by atoms with van der Waals surface area (Å²) >= 11 is 0. The van der Waals surface area contributed by atoms with Crippen molar-refractivity contribution in [1.29, 1.82) is 0 Å². The van der Waals surface area contributed by atoms with Gasteiger partial charge in [0.15, 0.2) is 0 Å². The average molecular weight is 354 g/mol. The molecular formula is C20H26N4O2. The van der Waals surface area contributed by atoms with Gasteiger partial charge in [0.1, 0.15) is 18.4 Å². The molecule has 0 unspecified atom stereocenters. The van der Waals surface area contributed by atoms with Crippen molar-refractivity contribution in [3.63, 3.8) is 0 Å². The summed E-state index contributed by atoms with van der Waals surface area (Å²) in [7, 11) is 1.70. The summed E-state index contributed by atoms with van der Waals surface area (Å²) in [4.78, 5) is 6.51. The quantitative estimate of drug-likeness (QED) is 0.892. The second-order valence-electron chi connectivity index (χ2n) is 7.36. The Morgan fingerprint density at radius 2 is 2.04 bits per heavy atom. The first kappa shape index (κ1) is 17.2. The molecule has 1 saturated heterocycles. The minimum Gasteiger partial charge on any atom is -0.496 e. The molecule has 1 aromatic carbocycles. The number of hydrogen-bond acceptors (Lipinski definition) is 5. The molecule has 1 N–H and O–H groups in total. The highest BCUT2D eigenvalue weighted by atomic mass is 16.5. The van der Waals surface area contributed by atoms with Crippen LogP contribution in [0.2, 0.25) is 0 Å². The van der Waals surface area contributed by atoms with E-state index in [2.05, 4.69) is 33.2 Å². The SMILES string of the molecule is COc1ccccc1/C=C/CN1C[C@H]2C[C@@H](n3cncn3)[C@H](O)C[C@H]2C1. The van der Waals surface area contributed by atoms with Gasteiger partial charge in [-0.1, -0.05) is 30.4 Å². The molecule has 2 heterocycles. The molecule has 0 bridgehead atoms. The van der Waals surface area contributed by atoms with Gasteiger partial charge in [0.2, 0.25) is 0 Å². The summed E-state index contributed by atoms with van der Waals surface area (Å²) in [6.07, 6.45) is 9.10. The maximum atomic E-state index is 10.5. The van der Waals surface area contributed by atoms with Crippen LogP contribution in [0.25, 0.3) is 6.08 Å². The Morgan fingerprint density at radius 1 is 1.23 bits per heavy atom. The Kier molecular flexibility index (Phi) is 5.04. The third-order valence-electron chi connectivity index (χ3n) is 5.76. The van der Waals surface area contributed by atoms with Crippen molar-refractivity contribution in [2.75, 3.05) is 26.7 Å². The largest absolute Gasteiger partial charge is 0.496 e. The van der Waals surface area contributed by atoms with Gasteiger partial charge in [-0.2, -0.15) is 5.10 Å². The van der Waals surface area contributed by atoms with Crippen LogP contribution in [0.5, 0.6) is 5.75 Å². The highest BCUT2D eigenvalue weighted by molar-refractivity contribution is 5.57. The Morgan fingerprint density at radius 3 is 2.81 bits per heavy atom. The van der Waals surface area contributed by atoms with E-state index >= 15 is 0 Å². The number of hydrogen-bond donors (Lipinski definition) is 1. The topological polar surface area (TPSA) is 63.4 Å². The number of benzene rings is 1. The number of ether oxygens (including phenoxy) is 1. The molecule has 0 amide bonds. The number of nitrogens with zero attached hydrogens (tertiary/aromatic N) is 4. The van der Waals surface area contributed by atoms with Crippen LogP contribution in [-0.4, -0.2) is 57.6 Å². The van der Waals surface area contributed by atoms with Crippen molar-refractivity contribution < 1.29 is 9.84 Å². The standard InChI is InChI=1S/C20H26N4O2/c1-26-20-7-3-2-5-15(20)6-4-8-23-11-16-9-18(24-14-21-13-22-24)19(25)10-17(16)12-23/h2-7,13-14,16-19,25H,8-12H2,1H3/b6-4+/t16-,17+,18-,19-/m1/s1. The van der Waals surface area contributed by atoms with E-state index in [1.54, 1.807) is 19.8 Å². The number of rotatable bonds is 5. The van der Waals surface area contributed by atoms with Crippen molar-refractivity contribution >= 4 is 6.08 Å². The number of aliphatic hydroxyl groups excluding tert-OH is 1. The Bertz CT molecular complexity index is 746. The van der Waals surface area contributed by atoms with Crippen LogP contribution < -0.4 is 4.74 Å². The molecule has 1 aliphatic carbocycles. The second-order valence-corrected chi connectivity index (χ2v) is 7.36. The highest BCUT2D eigenvalue weighted by Crippen LogP contribution is 2.40. The Balaban J connectivity index is 1.36. The second kappa shape index (κ2) is 7.60. The summed E-state index contributed by atoms with van der Waals surface area (Å²) in [5.41, 5.74) is 1.10. The van der Waals surface area contributed by atoms with Gasteiger partial charge >= 0.3 is 0 Å². The number of aromatic nitrogens is 3. The van der Waals surface area contributed by atoms with Crippen LogP contribution in [0.3, 0.4) is 0 Å². The van der Waals surface area contributed by atoms with Gasteiger partial charge in [-0.05, 0) is 30.7 Å². The number of para-hydroxylation sites is 1. The fourth-order valence-electron chi connectivity index (χ4n) is 4.46. The molecule has 0 spiro atoms. The molecule has 4 rings (SSSR count). The van der Waals surface area contributed by atoms with Crippen molar-refractivity contribution in [2.45, 2.75) is 25.0 Å². The lowest BCUT2D eigenvalue weighted by Crippen LogP contribution is -2.36. The van der Waals surface area contributed by atoms with Gasteiger partial charge in [0, 0.05) is 25.2 Å². The number of methoxy groups -OCH3 is 1. The lowest BCUT2D eigenvalue weighted by molar-refractivity contribution is 0.0305. The highest BCUT2D eigenvalue weighted by Gasteiger charge is 2.42. The monoisotopic (exact) mass is 354 g/mol. The van der Waals surface area contributed by atoms with Crippen LogP contribution in [-0.2, 0) is 0 Å². The molecule has 2 aliphatic rings. The van der Waals surface area contributed by atoms with E-state index in [1.165, 1.54) is 0 Å². The molecule has 0 radical (unpaired) electrons. The van der Waals surface area contributed by atoms with E-state index in [0.717, 1.165) is 43.8 Å². The number of likely N-dealkylation sites (tertiary alicyclic amines) is 1. The van der Waals surface area contributed by atoms with Crippen LogP contribution in [0.4, 0.5) is 0 Å². The van der Waals surface area contributed by atoms with Crippen molar-refractivity contribution in [2.24, 2.45) is 11.8 Å². The van der Waals surface area contributed by atoms with Gasteiger partial charge in [-0.15, -0.1) is 0 Å². The van der Waals surface area contributed by atoms with Gasteiger partial charge in [-0.25, -0.2) is 9.67 Å². The first-order valence-corrected chi connectivity index (χ1v) is 9.28. The van der Waals surface area contributed by atoms with E-state index in [-0.39, 0.29) is 12.1 Å². The lowest BCUT2D eigenvalue weighted by atomic mass is 9.77. The zero-order valence-corrected chi connectivity index (χ0v) is 15.1. The van der Waals surface area contributed by atoms with E-state index in [0.29, 0.717) is 11.8 Å². The molecule has 1 aliphatic heterocycles. The summed E-state index contributed by atoms with van der Waals surface area (Å²) in [6.45, 7) is 3.07. The molecule has 1 saturated carbocycles. The summed E-state index contributed by atoms with van der Waals surface area (Å²) < 4.78 is 7.22. The van der Waals surface area contributed by atoms with E-state index in [1.807, 2.05) is 22.9 Å². The molecular weight excluding hydrogens is 328 g/mol. The number of fused-ring (bicyclic) bond motifs is 1. The van der Waals surface area contributed by atoms with Crippen LogP contribution in [0.1, 0.15) is 24.4 Å². The molecule has 2 fully saturated rings. The summed E-state index contributed by atoms with van der Waals surface area (Å²) in [5, 5.41) is 14.8. The van der Waals surface area contributed by atoms with Crippen molar-refractivity contribution in [3.8, 4) is 5.75 Å². The molecule has 6 nitrogen and oxygen atoms in total. The fourth-order valence-corrected chi connectivity index (χ4v) is 4.46. The van der Waals surface area contributed by atoms with Gasteiger partial charge in [0.05, 0.1) is 19.3 Å². The molecule has 26 heavy (non-hydrogen) atoms. The summed E-state index contributed by atoms with van der Waals surface area (Å²) in [6, 6.07) is 8.12. The zero-order chi connectivity index (χ0) is 17.9. The zero-order valence-electron chi connectivity index (χ0n) is 15.1. The molecule has 4 atom stereocenters. The lowest BCUT2D eigenvalue weighted by Gasteiger charge is -2.35. The fraction of sp³-hybridized carbons (Fsp3) is 0.500. The first-order valence-electron chi connectivity index (χ1n) is 9.28. The maximum Gasteiger partial charge on any atom is 0.137 e. The normalized spacial score (nSPS) is 29.2. The van der Waals surface area contributed by atoms with Crippen molar-refractivity contribution in [3.05, 3.63) is 48.6 Å². The van der Waals surface area contributed by atoms with E-state index < -0.39 is 0 Å². The Hall–Kier alpha value is -2.18. The third kappa shape index (κ3) is 3.52. The van der Waals surface area contributed by atoms with Gasteiger partial charge in [-0.3, -0.25) is 4.90 Å². The minimum absolute atomic E-state index is 0.0582. The summed E-state index contributed by atoms with van der Waals surface area (Å²) in [5.74, 6) is 2.09. The Labute approximate surface area is 154 Å². The van der Waals surface area contributed by atoms with Crippen molar-refractivity contribution in [1.82, 2.24) is 19.7 Å². The van der Waals surface area contributed by atoms with E-state index in [9.17, 15) is 5.11 Å². The smallest absolute Gasteiger partial charge is 0.137 e. The first-order chi connectivity index (χ1) is 12.7. The van der Waals surface area contributed by atoms with Crippen LogP contribution in [0, 0.1) is 11.8 Å². The predicted molar refractivity (Wildman–Crippen MR) is 99.7 cm³/mol. The maximum absolute atomic E-state index is 10.5. The molecule has 138 valence electrons. The average Bonchev–Trinajstić information content (AvgIpc) is 3.30. The van der Waals surface area contributed by atoms with Gasteiger partial charge < -0.3 is 9.84 Å². The molecule has 6 heteroatoms. The van der Waals surface area contributed by atoms with Crippen LogP contribution >= 0.6 is 0 Å². The minimum atomic E-state index is -0.331. The third-order valence-corrected chi connectivity index (χ3v) is 5.76.